The van der Waals surface area contributed by atoms with Crippen LogP contribution >= 0.6 is 0 Å². The second-order valence-corrected chi connectivity index (χ2v) is 6.91. The fourth-order valence-electron chi connectivity index (χ4n) is 2.24. The van der Waals surface area contributed by atoms with Crippen LogP contribution in [0.15, 0.2) is 94.0 Å². The topological polar surface area (TPSA) is 94.0 Å². The number of anilines is 1. The van der Waals surface area contributed by atoms with E-state index in [1.807, 2.05) is 42.5 Å². The summed E-state index contributed by atoms with van der Waals surface area (Å²) in [5.74, 6) is 0. The molecule has 0 unspecified atom stereocenters. The summed E-state index contributed by atoms with van der Waals surface area (Å²) in [5.41, 5.74) is 3.29. The summed E-state index contributed by atoms with van der Waals surface area (Å²) in [7, 11) is -4.45. The molecule has 0 fully saturated rings. The third-order valence-electron chi connectivity index (χ3n) is 3.61. The summed E-state index contributed by atoms with van der Waals surface area (Å²) >= 11 is 0. The van der Waals surface area contributed by atoms with Crippen molar-refractivity contribution in [3.63, 3.8) is 0 Å². The van der Waals surface area contributed by atoms with Crippen molar-refractivity contribution in [3.8, 4) is 0 Å². The minimum absolute atomic E-state index is 0. The number of hydrogen-bond donors (Lipinski definition) is 1. The third-order valence-corrected chi connectivity index (χ3v) is 4.46. The number of azo groups is 1. The maximum atomic E-state index is 10.9. The molecule has 3 rings (SSSR count). The quantitative estimate of drug-likeness (QED) is 0.394. The van der Waals surface area contributed by atoms with Gasteiger partial charge >= 0.3 is 29.6 Å². The fraction of sp³-hybridized carbons (Fsp3) is 0.0526. The predicted octanol–water partition coefficient (Wildman–Crippen LogP) is 1.62. The smallest absolute Gasteiger partial charge is 0.744 e. The summed E-state index contributed by atoms with van der Waals surface area (Å²) in [4.78, 5) is -0.287. The molecule has 0 heterocycles. The van der Waals surface area contributed by atoms with Crippen LogP contribution in [0.4, 0.5) is 17.1 Å². The molecule has 0 amide bonds. The molecule has 0 bridgehead atoms. The van der Waals surface area contributed by atoms with Crippen LogP contribution in [0.3, 0.4) is 0 Å². The third kappa shape index (κ3) is 6.57. The number of nitrogens with zero attached hydrogens (tertiary/aromatic N) is 2. The Kier molecular flexibility index (Phi) is 7.70. The molecule has 8 heteroatoms. The van der Waals surface area contributed by atoms with E-state index >= 15 is 0 Å². The van der Waals surface area contributed by atoms with E-state index in [4.69, 9.17) is 0 Å². The summed E-state index contributed by atoms with van der Waals surface area (Å²) in [6, 6.07) is 22.9. The summed E-state index contributed by atoms with van der Waals surface area (Å²) in [6.07, 6.45) is 0. The Morgan fingerprint density at radius 2 is 1.30 bits per heavy atom. The van der Waals surface area contributed by atoms with E-state index in [9.17, 15) is 13.0 Å². The van der Waals surface area contributed by atoms with E-state index in [-0.39, 0.29) is 34.5 Å². The monoisotopic (exact) mass is 389 g/mol. The van der Waals surface area contributed by atoms with Crippen molar-refractivity contribution in [2.24, 2.45) is 10.2 Å². The number of hydrogen-bond acceptors (Lipinski definition) is 6. The van der Waals surface area contributed by atoms with Gasteiger partial charge in [-0.15, -0.1) is 0 Å². The van der Waals surface area contributed by atoms with Crippen LogP contribution in [0.5, 0.6) is 0 Å². The largest absolute Gasteiger partial charge is 1.00 e. The molecule has 27 heavy (non-hydrogen) atoms. The summed E-state index contributed by atoms with van der Waals surface area (Å²) < 4.78 is 32.7. The molecule has 0 aliphatic rings. The molecular weight excluding hydrogens is 373 g/mol. The maximum absolute atomic E-state index is 10.9. The fourth-order valence-corrected chi connectivity index (χ4v) is 2.71. The van der Waals surface area contributed by atoms with Gasteiger partial charge in [0.25, 0.3) is 0 Å². The van der Waals surface area contributed by atoms with E-state index in [0.717, 1.165) is 12.2 Å². The van der Waals surface area contributed by atoms with Gasteiger partial charge in [0, 0.05) is 12.2 Å². The zero-order valence-corrected chi connectivity index (χ0v) is 17.6. The van der Waals surface area contributed by atoms with Crippen molar-refractivity contribution < 1.29 is 42.5 Å². The molecule has 3 aromatic rings. The molecular formula is C19H16N3NaO3S. The number of nitrogens with one attached hydrogen (secondary N) is 1. The number of benzene rings is 3. The normalized spacial score (nSPS) is 11.1. The van der Waals surface area contributed by atoms with Gasteiger partial charge in [0.05, 0.1) is 16.3 Å². The van der Waals surface area contributed by atoms with E-state index in [2.05, 4.69) is 27.7 Å². The molecule has 0 atom stereocenters. The first-order valence-electron chi connectivity index (χ1n) is 7.86. The van der Waals surface area contributed by atoms with Gasteiger partial charge < -0.3 is 9.87 Å². The van der Waals surface area contributed by atoms with Crippen molar-refractivity contribution in [1.29, 1.82) is 0 Å². The standard InChI is InChI=1S/C19H17N3O3S.Na/c23-26(24,25)19-12-10-18(11-13-19)22-21-17-8-6-16(7-9-17)20-14-15-4-2-1-3-5-15;/h1-13,20H,14H2,(H,23,24,25);/q;+1/p-1. The Morgan fingerprint density at radius 3 is 1.81 bits per heavy atom. The van der Waals surface area contributed by atoms with Crippen LogP contribution in [0.25, 0.3) is 0 Å². The van der Waals surface area contributed by atoms with Gasteiger partial charge in [-0.05, 0) is 54.1 Å². The van der Waals surface area contributed by atoms with E-state index in [1.165, 1.54) is 29.8 Å². The molecule has 0 saturated heterocycles. The van der Waals surface area contributed by atoms with Gasteiger partial charge in [-0.1, -0.05) is 30.3 Å². The van der Waals surface area contributed by atoms with Crippen LogP contribution in [-0.2, 0) is 16.7 Å². The predicted molar refractivity (Wildman–Crippen MR) is 98.8 cm³/mol. The Hall–Kier alpha value is -2.03. The first-order chi connectivity index (χ1) is 12.5. The second-order valence-electron chi connectivity index (χ2n) is 5.53. The van der Waals surface area contributed by atoms with Gasteiger partial charge in [-0.3, -0.25) is 0 Å². The molecule has 0 aromatic heterocycles. The minimum atomic E-state index is -4.45. The van der Waals surface area contributed by atoms with Gasteiger partial charge in [0.15, 0.2) is 0 Å². The Bertz CT molecular complexity index is 991. The first kappa shape index (κ1) is 21.3. The zero-order valence-electron chi connectivity index (χ0n) is 14.7. The molecule has 0 aliphatic carbocycles. The summed E-state index contributed by atoms with van der Waals surface area (Å²) in [5, 5.41) is 11.5. The summed E-state index contributed by atoms with van der Waals surface area (Å²) in [6.45, 7) is 0.733. The Morgan fingerprint density at radius 1 is 0.778 bits per heavy atom. The van der Waals surface area contributed by atoms with Crippen molar-refractivity contribution >= 4 is 27.2 Å². The SMILES string of the molecule is O=S(=O)([O-])c1ccc(N=Nc2ccc(NCc3ccccc3)cc2)cc1.[Na+]. The van der Waals surface area contributed by atoms with E-state index < -0.39 is 10.1 Å². The number of rotatable bonds is 6. The van der Waals surface area contributed by atoms with Gasteiger partial charge in [-0.2, -0.15) is 10.2 Å². The molecule has 6 nitrogen and oxygen atoms in total. The first-order valence-corrected chi connectivity index (χ1v) is 9.27. The molecule has 1 N–H and O–H groups in total. The molecule has 0 saturated carbocycles. The Balaban J connectivity index is 0.00000261. The maximum Gasteiger partial charge on any atom is 1.00 e. The van der Waals surface area contributed by atoms with Crippen molar-refractivity contribution in [1.82, 2.24) is 0 Å². The average molecular weight is 389 g/mol. The zero-order chi connectivity index (χ0) is 18.4. The van der Waals surface area contributed by atoms with Crippen molar-refractivity contribution in [2.45, 2.75) is 11.4 Å². The van der Waals surface area contributed by atoms with Gasteiger partial charge in [0.1, 0.15) is 10.1 Å². The van der Waals surface area contributed by atoms with E-state index in [0.29, 0.717) is 11.4 Å². The van der Waals surface area contributed by atoms with E-state index in [1.54, 1.807) is 0 Å². The second kappa shape index (κ2) is 9.77. The average Bonchev–Trinajstić information content (AvgIpc) is 2.66. The van der Waals surface area contributed by atoms with Crippen LogP contribution in [0.1, 0.15) is 5.56 Å². The van der Waals surface area contributed by atoms with Crippen molar-refractivity contribution in [3.05, 3.63) is 84.4 Å². The minimum Gasteiger partial charge on any atom is -0.744 e. The molecule has 132 valence electrons. The van der Waals surface area contributed by atoms with Crippen LogP contribution in [-0.4, -0.2) is 13.0 Å². The van der Waals surface area contributed by atoms with Gasteiger partial charge in [-0.25, -0.2) is 8.42 Å². The molecule has 0 aliphatic heterocycles. The molecule has 0 radical (unpaired) electrons. The molecule has 3 aromatic carbocycles. The van der Waals surface area contributed by atoms with Gasteiger partial charge in [0.2, 0.25) is 0 Å². The molecule has 0 spiro atoms. The van der Waals surface area contributed by atoms with Crippen molar-refractivity contribution in [2.75, 3.05) is 5.32 Å². The van der Waals surface area contributed by atoms with Crippen LogP contribution in [0.2, 0.25) is 0 Å². The van der Waals surface area contributed by atoms with Crippen LogP contribution < -0.4 is 34.9 Å². The Labute approximate surface area is 180 Å². The van der Waals surface area contributed by atoms with Crippen LogP contribution in [0, 0.1) is 0 Å².